The van der Waals surface area contributed by atoms with Gasteiger partial charge in [-0.1, -0.05) is 6.58 Å². The van der Waals surface area contributed by atoms with Crippen molar-refractivity contribution in [3.05, 3.63) is 12.2 Å². The summed E-state index contributed by atoms with van der Waals surface area (Å²) in [4.78, 5) is 11.1. The van der Waals surface area contributed by atoms with Crippen molar-refractivity contribution in [1.82, 2.24) is 0 Å². The number of hydrogen-bond acceptors (Lipinski definition) is 6. The number of hydrogen-bond donors (Lipinski definition) is 1. The fraction of sp³-hybridized carbons (Fsp3) is 0.700. The minimum absolute atomic E-state index is 0.290. The molecule has 0 heterocycles. The molecular formula is C10H14F4O7S. The number of halogens is 4. The van der Waals surface area contributed by atoms with Crippen LogP contribution in [0, 0.1) is 0 Å². The van der Waals surface area contributed by atoms with Gasteiger partial charge in [0.25, 0.3) is 0 Å². The highest BCUT2D eigenvalue weighted by molar-refractivity contribution is 7.87. The van der Waals surface area contributed by atoms with E-state index in [0.29, 0.717) is 0 Å². The van der Waals surface area contributed by atoms with Crippen molar-refractivity contribution in [1.29, 1.82) is 0 Å². The van der Waals surface area contributed by atoms with E-state index in [1.54, 1.807) is 0 Å². The largest absolute Gasteiger partial charge is 0.435 e. The number of alkyl halides is 4. The molecule has 0 bridgehead atoms. The molecular weight excluding hydrogens is 340 g/mol. The van der Waals surface area contributed by atoms with Gasteiger partial charge in [-0.2, -0.15) is 26.0 Å². The van der Waals surface area contributed by atoms with Crippen LogP contribution in [0.3, 0.4) is 0 Å². The average Bonchev–Trinajstić information content (AvgIpc) is 2.39. The second-order valence-corrected chi connectivity index (χ2v) is 5.40. The minimum Gasteiger partial charge on any atom is -0.435 e. The predicted octanol–water partition coefficient (Wildman–Crippen LogP) is 1.21. The summed E-state index contributed by atoms with van der Waals surface area (Å²) >= 11 is 0. The highest BCUT2D eigenvalue weighted by atomic mass is 32.2. The Kier molecular flexibility index (Phi) is 7.41. The molecule has 0 amide bonds. The molecule has 0 aromatic heterocycles. The Morgan fingerprint density at radius 3 is 2.27 bits per heavy atom. The van der Waals surface area contributed by atoms with Gasteiger partial charge in [0.15, 0.2) is 6.79 Å². The summed E-state index contributed by atoms with van der Waals surface area (Å²) < 4.78 is 93.6. The van der Waals surface area contributed by atoms with E-state index in [9.17, 15) is 30.8 Å². The van der Waals surface area contributed by atoms with E-state index in [1.807, 2.05) is 0 Å². The van der Waals surface area contributed by atoms with Gasteiger partial charge in [-0.05, 0) is 0 Å². The van der Waals surface area contributed by atoms with E-state index in [1.165, 1.54) is 7.11 Å². The van der Waals surface area contributed by atoms with E-state index >= 15 is 0 Å². The van der Waals surface area contributed by atoms with Crippen molar-refractivity contribution < 1.29 is 49.5 Å². The third kappa shape index (κ3) is 5.51. The molecule has 1 N–H and O–H groups in total. The first kappa shape index (κ1) is 20.8. The summed E-state index contributed by atoms with van der Waals surface area (Å²) in [7, 11) is -5.04. The molecule has 0 atom stereocenters. The number of rotatable bonds is 10. The number of carbonyl (C=O) groups excluding carboxylic acids is 1. The van der Waals surface area contributed by atoms with Crippen LogP contribution < -0.4 is 0 Å². The third-order valence-corrected chi connectivity index (χ3v) is 3.13. The van der Waals surface area contributed by atoms with Gasteiger partial charge in [-0.3, -0.25) is 4.55 Å². The van der Waals surface area contributed by atoms with Crippen LogP contribution in [0.25, 0.3) is 0 Å². The van der Waals surface area contributed by atoms with Crippen LogP contribution in [0.5, 0.6) is 0 Å². The first-order chi connectivity index (χ1) is 9.87. The Morgan fingerprint density at radius 1 is 1.27 bits per heavy atom. The van der Waals surface area contributed by atoms with E-state index in [0.717, 1.165) is 0 Å². The van der Waals surface area contributed by atoms with Gasteiger partial charge in [0.05, 0.1) is 18.8 Å². The molecule has 0 aliphatic heterocycles. The third-order valence-electron chi connectivity index (χ3n) is 2.18. The number of methoxy groups -OCH3 is 1. The van der Waals surface area contributed by atoms with Crippen LogP contribution in [-0.2, 0) is 29.1 Å². The fourth-order valence-corrected chi connectivity index (χ4v) is 1.48. The second-order valence-electron chi connectivity index (χ2n) is 3.94. The monoisotopic (exact) mass is 354 g/mol. The average molecular weight is 354 g/mol. The summed E-state index contributed by atoms with van der Waals surface area (Å²) in [5.41, 5.74) is -0.290. The molecule has 130 valence electrons. The molecule has 0 saturated carbocycles. The molecule has 0 rings (SSSR count). The Labute approximate surface area is 123 Å². The first-order valence-corrected chi connectivity index (χ1v) is 6.95. The van der Waals surface area contributed by atoms with Crippen molar-refractivity contribution in [3.63, 3.8) is 0 Å². The first-order valence-electron chi connectivity index (χ1n) is 5.51. The molecule has 0 aliphatic carbocycles. The zero-order chi connectivity index (χ0) is 17.6. The maximum absolute atomic E-state index is 13.0. The molecule has 0 unspecified atom stereocenters. The predicted molar refractivity (Wildman–Crippen MR) is 64.0 cm³/mol. The van der Waals surface area contributed by atoms with Gasteiger partial charge in [-0.15, -0.1) is 0 Å². The van der Waals surface area contributed by atoms with Crippen molar-refractivity contribution in [2.24, 2.45) is 0 Å². The zero-order valence-corrected chi connectivity index (χ0v) is 12.2. The SMILES string of the molecule is C=C(COCCC(F)(F)C(F)(F)S(=O)(=O)O)C(=O)OCOC. The van der Waals surface area contributed by atoms with Crippen LogP contribution in [-0.4, -0.2) is 57.2 Å². The van der Waals surface area contributed by atoms with Crippen LogP contribution in [0.15, 0.2) is 12.2 Å². The van der Waals surface area contributed by atoms with E-state index in [2.05, 4.69) is 20.8 Å². The Bertz CT molecular complexity index is 503. The standard InChI is InChI=1S/C10H14F4O7S/c1-7(8(15)21-6-19-2)5-20-4-3-9(11,12)10(13,14)22(16,17)18/h1,3-6H2,2H3,(H,16,17,18). The van der Waals surface area contributed by atoms with Crippen molar-refractivity contribution in [3.8, 4) is 0 Å². The van der Waals surface area contributed by atoms with E-state index in [4.69, 9.17) is 4.55 Å². The summed E-state index contributed by atoms with van der Waals surface area (Å²) in [6.45, 7) is 1.20. The highest BCUT2D eigenvalue weighted by Gasteiger charge is 2.65. The van der Waals surface area contributed by atoms with Crippen molar-refractivity contribution >= 4 is 16.1 Å². The molecule has 7 nitrogen and oxygen atoms in total. The Balaban J connectivity index is 4.36. The van der Waals surface area contributed by atoms with Crippen LogP contribution in [0.1, 0.15) is 6.42 Å². The number of ether oxygens (including phenoxy) is 3. The van der Waals surface area contributed by atoms with Gasteiger partial charge in [0, 0.05) is 13.5 Å². The summed E-state index contributed by atoms with van der Waals surface area (Å²) in [5.74, 6) is -6.00. The van der Waals surface area contributed by atoms with Gasteiger partial charge in [0.1, 0.15) is 0 Å². The van der Waals surface area contributed by atoms with Gasteiger partial charge in [0.2, 0.25) is 0 Å². The molecule has 0 radical (unpaired) electrons. The maximum atomic E-state index is 13.0. The molecule has 0 fully saturated rings. The minimum atomic E-state index is -6.28. The van der Waals surface area contributed by atoms with Crippen molar-refractivity contribution in [2.75, 3.05) is 27.1 Å². The van der Waals surface area contributed by atoms with Crippen LogP contribution in [0.4, 0.5) is 17.6 Å². The number of esters is 1. The van der Waals surface area contributed by atoms with Crippen molar-refractivity contribution in [2.45, 2.75) is 17.6 Å². The lowest BCUT2D eigenvalue weighted by atomic mass is 10.2. The smallest absolute Gasteiger partial charge is 0.431 e. The maximum Gasteiger partial charge on any atom is 0.431 e. The second kappa shape index (κ2) is 7.85. The van der Waals surface area contributed by atoms with Gasteiger partial charge in [-0.25, -0.2) is 4.79 Å². The lowest BCUT2D eigenvalue weighted by molar-refractivity contribution is -0.170. The van der Waals surface area contributed by atoms with Crippen LogP contribution >= 0.6 is 0 Å². The lowest BCUT2D eigenvalue weighted by Crippen LogP contribution is -2.47. The van der Waals surface area contributed by atoms with E-state index in [-0.39, 0.29) is 12.4 Å². The fourth-order valence-electron chi connectivity index (χ4n) is 1.00. The number of carbonyl (C=O) groups is 1. The molecule has 0 spiro atoms. The van der Waals surface area contributed by atoms with Crippen LogP contribution in [0.2, 0.25) is 0 Å². The molecule has 0 aliphatic rings. The molecule has 22 heavy (non-hydrogen) atoms. The molecule has 0 aromatic rings. The quantitative estimate of drug-likeness (QED) is 0.157. The molecule has 0 saturated heterocycles. The van der Waals surface area contributed by atoms with Gasteiger partial charge < -0.3 is 14.2 Å². The summed E-state index contributed by atoms with van der Waals surface area (Å²) in [6.07, 6.45) is -1.71. The molecule has 0 aromatic carbocycles. The molecule has 12 heteroatoms. The van der Waals surface area contributed by atoms with Gasteiger partial charge >= 0.3 is 27.3 Å². The topological polar surface area (TPSA) is 99.1 Å². The summed E-state index contributed by atoms with van der Waals surface area (Å²) in [6, 6.07) is 0. The normalized spacial score (nSPS) is 13.0. The Hall–Kier alpha value is -1.24. The summed E-state index contributed by atoms with van der Waals surface area (Å²) in [5, 5.41) is -5.65. The van der Waals surface area contributed by atoms with E-state index < -0.39 is 46.9 Å². The zero-order valence-electron chi connectivity index (χ0n) is 11.4. The Morgan fingerprint density at radius 2 is 1.82 bits per heavy atom. The lowest BCUT2D eigenvalue weighted by Gasteiger charge is -2.23. The highest BCUT2D eigenvalue weighted by Crippen LogP contribution is 2.40.